The van der Waals surface area contributed by atoms with Gasteiger partial charge in [0.1, 0.15) is 0 Å². The highest BCUT2D eigenvalue weighted by molar-refractivity contribution is 6.28. The quantitative estimate of drug-likeness (QED) is 0.477. The van der Waals surface area contributed by atoms with Gasteiger partial charge >= 0.3 is 5.97 Å². The number of cyclic esters (lactones) is 1. The first-order valence-electron chi connectivity index (χ1n) is 2.99. The summed E-state index contributed by atoms with van der Waals surface area (Å²) in [4.78, 5) is 21.3. The summed E-state index contributed by atoms with van der Waals surface area (Å²) < 4.78 is 4.29. The Hall–Kier alpha value is -1.23. The number of hydrogen-bond acceptors (Lipinski definition) is 5. The zero-order chi connectivity index (χ0) is 9.30. The first-order valence-corrected chi connectivity index (χ1v) is 3.53. The molecule has 0 aliphatic carbocycles. The monoisotopic (exact) mass is 192 g/mol. The second-order valence-corrected chi connectivity index (χ2v) is 2.39. The fourth-order valence-corrected chi connectivity index (χ4v) is 0.876. The van der Waals surface area contributed by atoms with Gasteiger partial charge in [0.2, 0.25) is 11.9 Å². The lowest BCUT2D eigenvalue weighted by molar-refractivity contribution is -0.147. The number of aliphatic hydroxyl groups excluding tert-OH is 2. The van der Waals surface area contributed by atoms with Gasteiger partial charge in [0.25, 0.3) is 0 Å². The van der Waals surface area contributed by atoms with Gasteiger partial charge in [0, 0.05) is 0 Å². The largest absolute Gasteiger partial charge is 0.505 e. The van der Waals surface area contributed by atoms with Crippen molar-refractivity contribution >= 4 is 23.4 Å². The summed E-state index contributed by atoms with van der Waals surface area (Å²) in [5.41, 5.74) is 0. The summed E-state index contributed by atoms with van der Waals surface area (Å²) in [6, 6.07) is 0. The molecule has 66 valence electrons. The summed E-state index contributed by atoms with van der Waals surface area (Å²) in [7, 11) is 0. The fraction of sp³-hybridized carbons (Fsp3) is 0.333. The number of Topliss-reactive ketones (excluding diaryl/α,β-unsaturated/α-hetero) is 1. The first kappa shape index (κ1) is 8.86. The Morgan fingerprint density at radius 1 is 1.58 bits per heavy atom. The normalized spacial score (nSPS) is 22.8. The molecule has 0 aromatic heterocycles. The van der Waals surface area contributed by atoms with Gasteiger partial charge in [-0.15, -0.1) is 11.6 Å². The van der Waals surface area contributed by atoms with Crippen LogP contribution in [0.3, 0.4) is 0 Å². The van der Waals surface area contributed by atoms with E-state index in [1.165, 1.54) is 0 Å². The maximum absolute atomic E-state index is 10.8. The maximum Gasteiger partial charge on any atom is 0.378 e. The number of rotatable bonds is 2. The molecule has 0 fully saturated rings. The molecule has 0 saturated carbocycles. The zero-order valence-corrected chi connectivity index (χ0v) is 6.54. The predicted molar refractivity (Wildman–Crippen MR) is 37.9 cm³/mol. The molecule has 2 N–H and O–H groups in total. The smallest absolute Gasteiger partial charge is 0.378 e. The maximum atomic E-state index is 10.8. The SMILES string of the molecule is O=C1OC(C(=O)CCl)C(O)=C1O. The van der Waals surface area contributed by atoms with Crippen molar-refractivity contribution in [2.24, 2.45) is 0 Å². The lowest BCUT2D eigenvalue weighted by atomic mass is 10.2. The Morgan fingerprint density at radius 2 is 2.17 bits per heavy atom. The van der Waals surface area contributed by atoms with Crippen LogP contribution in [0, 0.1) is 0 Å². The van der Waals surface area contributed by atoms with E-state index in [4.69, 9.17) is 21.8 Å². The molecule has 0 aromatic rings. The van der Waals surface area contributed by atoms with Gasteiger partial charge in [-0.05, 0) is 0 Å². The number of aliphatic hydroxyl groups is 2. The van der Waals surface area contributed by atoms with Crippen LogP contribution in [0.2, 0.25) is 0 Å². The summed E-state index contributed by atoms with van der Waals surface area (Å²) in [5, 5.41) is 17.7. The third kappa shape index (κ3) is 1.23. The van der Waals surface area contributed by atoms with E-state index in [2.05, 4.69) is 4.74 Å². The third-order valence-corrected chi connectivity index (χ3v) is 1.60. The summed E-state index contributed by atoms with van der Waals surface area (Å²) in [6.07, 6.45) is -1.44. The molecule has 5 nitrogen and oxygen atoms in total. The van der Waals surface area contributed by atoms with Crippen LogP contribution in [0.5, 0.6) is 0 Å². The predicted octanol–water partition coefficient (Wildman–Crippen LogP) is 0.0473. The third-order valence-electron chi connectivity index (χ3n) is 1.33. The van der Waals surface area contributed by atoms with Crippen molar-refractivity contribution in [1.29, 1.82) is 0 Å². The van der Waals surface area contributed by atoms with Crippen molar-refractivity contribution in [2.45, 2.75) is 6.10 Å². The van der Waals surface area contributed by atoms with E-state index >= 15 is 0 Å². The lowest BCUT2D eigenvalue weighted by Crippen LogP contribution is -2.24. The van der Waals surface area contributed by atoms with E-state index in [0.29, 0.717) is 0 Å². The minimum Gasteiger partial charge on any atom is -0.505 e. The van der Waals surface area contributed by atoms with Gasteiger partial charge in [0.05, 0.1) is 5.88 Å². The summed E-state index contributed by atoms with van der Waals surface area (Å²) in [6.45, 7) is 0. The van der Waals surface area contributed by atoms with Crippen LogP contribution >= 0.6 is 11.6 Å². The number of ether oxygens (including phenoxy) is 1. The molecule has 1 heterocycles. The number of carbonyl (C=O) groups is 2. The summed E-state index contributed by atoms with van der Waals surface area (Å²) in [5.74, 6) is -3.89. The molecular weight excluding hydrogens is 188 g/mol. The molecule has 0 bridgehead atoms. The molecular formula is C6H5ClO5. The Balaban J connectivity index is 2.87. The van der Waals surface area contributed by atoms with Crippen LogP contribution in [-0.2, 0) is 14.3 Å². The van der Waals surface area contributed by atoms with E-state index in [9.17, 15) is 9.59 Å². The Labute approximate surface area is 72.2 Å². The second kappa shape index (κ2) is 3.02. The van der Waals surface area contributed by atoms with Crippen molar-refractivity contribution < 1.29 is 24.5 Å². The fourth-order valence-electron chi connectivity index (χ4n) is 0.736. The topological polar surface area (TPSA) is 83.8 Å². The number of carbonyl (C=O) groups excluding carboxylic acids is 2. The first-order chi connectivity index (χ1) is 5.57. The number of esters is 1. The highest BCUT2D eigenvalue weighted by Crippen LogP contribution is 2.19. The van der Waals surface area contributed by atoms with Crippen LogP contribution in [0.15, 0.2) is 11.5 Å². The molecule has 0 aromatic carbocycles. The number of ketones is 1. The van der Waals surface area contributed by atoms with Crippen molar-refractivity contribution in [3.63, 3.8) is 0 Å². The van der Waals surface area contributed by atoms with Gasteiger partial charge in [-0.25, -0.2) is 4.79 Å². The molecule has 0 amide bonds. The average molecular weight is 193 g/mol. The van der Waals surface area contributed by atoms with Gasteiger partial charge in [0.15, 0.2) is 11.5 Å². The Morgan fingerprint density at radius 3 is 2.50 bits per heavy atom. The van der Waals surface area contributed by atoms with Gasteiger partial charge < -0.3 is 14.9 Å². The van der Waals surface area contributed by atoms with E-state index in [1.54, 1.807) is 0 Å². The van der Waals surface area contributed by atoms with Crippen molar-refractivity contribution in [2.75, 3.05) is 5.88 Å². The molecule has 12 heavy (non-hydrogen) atoms. The van der Waals surface area contributed by atoms with E-state index in [0.717, 1.165) is 0 Å². The van der Waals surface area contributed by atoms with Gasteiger partial charge in [-0.3, -0.25) is 4.79 Å². The molecule has 1 atom stereocenters. The number of alkyl halides is 1. The lowest BCUT2D eigenvalue weighted by Gasteiger charge is -2.04. The molecule has 1 unspecified atom stereocenters. The van der Waals surface area contributed by atoms with E-state index in [1.807, 2.05) is 0 Å². The second-order valence-electron chi connectivity index (χ2n) is 2.12. The van der Waals surface area contributed by atoms with Crippen molar-refractivity contribution in [3.8, 4) is 0 Å². The Kier molecular flexibility index (Phi) is 2.23. The van der Waals surface area contributed by atoms with Crippen molar-refractivity contribution in [1.82, 2.24) is 0 Å². The Bertz CT molecular complexity index is 269. The molecule has 6 heteroatoms. The van der Waals surface area contributed by atoms with Crippen LogP contribution in [0.25, 0.3) is 0 Å². The molecule has 1 aliphatic heterocycles. The van der Waals surface area contributed by atoms with Gasteiger partial charge in [-0.2, -0.15) is 0 Å². The van der Waals surface area contributed by atoms with Crippen molar-refractivity contribution in [3.05, 3.63) is 11.5 Å². The summed E-state index contributed by atoms with van der Waals surface area (Å²) >= 11 is 5.14. The van der Waals surface area contributed by atoms with E-state index in [-0.39, 0.29) is 0 Å². The molecule has 0 radical (unpaired) electrons. The standard InChI is InChI=1S/C6H5ClO5/c7-1-2(8)5-3(9)4(10)6(11)12-5/h5,9-10H,1H2. The molecule has 0 spiro atoms. The van der Waals surface area contributed by atoms with Crippen LogP contribution in [0.1, 0.15) is 0 Å². The molecule has 1 aliphatic rings. The van der Waals surface area contributed by atoms with Crippen LogP contribution in [-0.4, -0.2) is 33.9 Å². The average Bonchev–Trinajstić information content (AvgIpc) is 2.32. The number of halogens is 1. The minimum atomic E-state index is -1.44. The highest BCUT2D eigenvalue weighted by Gasteiger charge is 2.38. The van der Waals surface area contributed by atoms with Crippen LogP contribution < -0.4 is 0 Å². The number of hydrogen-bond donors (Lipinski definition) is 2. The van der Waals surface area contributed by atoms with E-state index < -0.39 is 35.3 Å². The zero-order valence-electron chi connectivity index (χ0n) is 5.78. The molecule has 0 saturated heterocycles. The van der Waals surface area contributed by atoms with Crippen LogP contribution in [0.4, 0.5) is 0 Å². The minimum absolute atomic E-state index is 0.394. The highest BCUT2D eigenvalue weighted by atomic mass is 35.5. The van der Waals surface area contributed by atoms with Gasteiger partial charge in [-0.1, -0.05) is 0 Å². The molecule has 1 rings (SSSR count).